The van der Waals surface area contributed by atoms with Crippen molar-refractivity contribution in [2.75, 3.05) is 14.2 Å². The molecule has 2 aromatic rings. The Labute approximate surface area is 356 Å². The van der Waals surface area contributed by atoms with Gasteiger partial charge in [0, 0.05) is 5.92 Å². The molecule has 11 rings (SSSR count). The zero-order valence-corrected chi connectivity index (χ0v) is 35.8. The van der Waals surface area contributed by atoms with Crippen LogP contribution in [-0.2, 0) is 9.53 Å². The summed E-state index contributed by atoms with van der Waals surface area (Å²) in [6, 6.07) is 15.7. The molecule has 4 saturated carbocycles. The van der Waals surface area contributed by atoms with Gasteiger partial charge in [0.2, 0.25) is 0 Å². The van der Waals surface area contributed by atoms with E-state index in [4.69, 9.17) is 14.2 Å². The van der Waals surface area contributed by atoms with Crippen molar-refractivity contribution in [3.63, 3.8) is 0 Å². The Bertz CT molecular complexity index is 1750. The molecule has 4 aliphatic carbocycles. The number of rotatable bonds is 6. The highest BCUT2D eigenvalue weighted by atomic mass is 16.5. The molecule has 17 unspecified atom stereocenters. The lowest BCUT2D eigenvalue weighted by molar-refractivity contribution is -0.156. The number of hydrogen-bond acceptors (Lipinski definition) is 12. The molecule has 0 aromatic heterocycles. The van der Waals surface area contributed by atoms with Gasteiger partial charge in [-0.3, -0.25) is 47.3 Å². The molecule has 0 amide bonds. The van der Waals surface area contributed by atoms with Crippen molar-refractivity contribution in [1.29, 1.82) is 0 Å². The van der Waals surface area contributed by atoms with E-state index in [0.717, 1.165) is 41.9 Å². The Balaban J connectivity index is 0.916. The van der Waals surface area contributed by atoms with Crippen molar-refractivity contribution in [1.82, 2.24) is 42.5 Å². The number of benzene rings is 2. The summed E-state index contributed by atoms with van der Waals surface area (Å²) in [5, 5.41) is 33.8. The molecule has 326 valence electrons. The first-order valence-electron chi connectivity index (χ1n) is 24.1. The topological polar surface area (TPSA) is 141 Å². The molecule has 8 bridgehead atoms. The average Bonchev–Trinajstić information content (AvgIpc) is 4.03. The van der Waals surface area contributed by atoms with Crippen LogP contribution in [0.25, 0.3) is 0 Å². The van der Waals surface area contributed by atoms with Gasteiger partial charge in [-0.15, -0.1) is 0 Å². The first kappa shape index (κ1) is 40.0. The largest absolute Gasteiger partial charge is 0.497 e. The lowest BCUT2D eigenvalue weighted by Crippen LogP contribution is -2.62. The zero-order valence-electron chi connectivity index (χ0n) is 35.8. The maximum atomic E-state index is 14.8. The number of nitrogens with one attached hydrogen (secondary N) is 8. The molecule has 12 nitrogen and oxygen atoms in total. The van der Waals surface area contributed by atoms with E-state index in [1.54, 1.807) is 14.2 Å². The third-order valence-electron chi connectivity index (χ3n) is 17.2. The van der Waals surface area contributed by atoms with Gasteiger partial charge in [-0.1, -0.05) is 62.8 Å². The maximum absolute atomic E-state index is 14.8. The van der Waals surface area contributed by atoms with Crippen LogP contribution in [0.15, 0.2) is 48.5 Å². The third-order valence-corrected chi connectivity index (χ3v) is 17.2. The van der Waals surface area contributed by atoms with E-state index in [-0.39, 0.29) is 55.0 Å². The summed E-state index contributed by atoms with van der Waals surface area (Å²) in [6.45, 7) is 0. The second kappa shape index (κ2) is 17.1. The van der Waals surface area contributed by atoms with Gasteiger partial charge in [0.1, 0.15) is 23.5 Å². The van der Waals surface area contributed by atoms with Crippen molar-refractivity contribution in [2.24, 2.45) is 47.3 Å². The van der Waals surface area contributed by atoms with Crippen molar-refractivity contribution in [2.45, 2.75) is 158 Å². The summed E-state index contributed by atoms with van der Waals surface area (Å²) >= 11 is 0. The molecule has 12 heteroatoms. The molecular weight excluding hydrogens is 753 g/mol. The second-order valence-electron chi connectivity index (χ2n) is 20.1. The third kappa shape index (κ3) is 7.38. The van der Waals surface area contributed by atoms with Crippen LogP contribution >= 0.6 is 0 Å². The number of carbonyl (C=O) groups is 1. The van der Waals surface area contributed by atoms with Gasteiger partial charge in [0.15, 0.2) is 0 Å². The average molecular weight is 823 g/mol. The van der Waals surface area contributed by atoms with Gasteiger partial charge in [-0.2, -0.15) is 0 Å². The fraction of sp³-hybridized carbons (Fsp3) is 0.729. The molecular formula is C48H70N8O4. The maximum Gasteiger partial charge on any atom is 0.318 e. The van der Waals surface area contributed by atoms with Crippen LogP contribution in [-0.4, -0.2) is 75.6 Å². The van der Waals surface area contributed by atoms with E-state index >= 15 is 0 Å². The summed E-state index contributed by atoms with van der Waals surface area (Å²) in [4.78, 5) is 14.8. The van der Waals surface area contributed by atoms with E-state index in [2.05, 4.69) is 42.5 Å². The minimum Gasteiger partial charge on any atom is -0.497 e. The van der Waals surface area contributed by atoms with Gasteiger partial charge < -0.3 is 14.2 Å². The Hall–Kier alpha value is -2.81. The fourth-order valence-electron chi connectivity index (χ4n) is 14.4. The molecule has 0 radical (unpaired) electrons. The fourth-order valence-corrected chi connectivity index (χ4v) is 14.4. The monoisotopic (exact) mass is 823 g/mol. The molecule has 5 aliphatic heterocycles. The van der Waals surface area contributed by atoms with Crippen LogP contribution < -0.4 is 52.0 Å². The Morgan fingerprint density at radius 3 is 1.10 bits per heavy atom. The number of methoxy groups -OCH3 is 2. The molecule has 5 saturated heterocycles. The van der Waals surface area contributed by atoms with Gasteiger partial charge in [0.25, 0.3) is 0 Å². The second-order valence-corrected chi connectivity index (χ2v) is 20.1. The standard InChI is InChI=1S/C48H70N8O4/c1-58-28-22-18-26(19-23-28)38(27-20-24-29(59-2)25-21-27)48(57)60-37-17-9-16-36-39(37)47-55-45-35-15-8-7-14-34(35)43(53-45)51-41-31-11-4-3-10-30(31)40(49-41)50-42-32-12-5-6-13-33(32)44(52-42)54-46(36)56-47/h18-25,30-47,49-56H,3-17H2,1-2H3. The highest BCUT2D eigenvalue weighted by Crippen LogP contribution is 2.46. The number of esters is 1. The van der Waals surface area contributed by atoms with Crippen molar-refractivity contribution < 1.29 is 19.0 Å². The summed E-state index contributed by atoms with van der Waals surface area (Å²) in [6.07, 6.45) is 20.0. The summed E-state index contributed by atoms with van der Waals surface area (Å²) in [5.74, 6) is 4.86. The summed E-state index contributed by atoms with van der Waals surface area (Å²) < 4.78 is 17.9. The molecule has 2 aromatic carbocycles. The molecule has 17 atom stereocenters. The predicted octanol–water partition coefficient (Wildman–Crippen LogP) is 4.98. The minimum atomic E-state index is -0.569. The first-order chi connectivity index (χ1) is 29.5. The van der Waals surface area contributed by atoms with Gasteiger partial charge in [-0.25, -0.2) is 0 Å². The van der Waals surface area contributed by atoms with Crippen LogP contribution in [0.4, 0.5) is 0 Å². The summed E-state index contributed by atoms with van der Waals surface area (Å²) in [7, 11) is 3.35. The number of carbonyl (C=O) groups excluding carboxylic acids is 1. The normalized spacial score (nSPS) is 43.4. The molecule has 5 heterocycles. The molecule has 8 N–H and O–H groups in total. The Morgan fingerprint density at radius 1 is 0.433 bits per heavy atom. The SMILES string of the molecule is COc1ccc(C(C(=O)OC2CCCC3C4NC5NC(NC6NC(NC7NC(NC(N4)C23)C2CCCCC72)C2CCCCC62)C2CCCCC52)c2ccc(OC)cc2)cc1. The van der Waals surface area contributed by atoms with Gasteiger partial charge in [-0.05, 0) is 135 Å². The smallest absolute Gasteiger partial charge is 0.318 e. The predicted molar refractivity (Wildman–Crippen MR) is 230 cm³/mol. The van der Waals surface area contributed by atoms with E-state index in [0.29, 0.717) is 53.8 Å². The van der Waals surface area contributed by atoms with Crippen LogP contribution in [0, 0.1) is 47.3 Å². The highest BCUT2D eigenvalue weighted by Gasteiger charge is 2.56. The quantitative estimate of drug-likeness (QED) is 0.187. The van der Waals surface area contributed by atoms with Crippen LogP contribution in [0.2, 0.25) is 0 Å². The lowest BCUT2D eigenvalue weighted by atomic mass is 9.75. The van der Waals surface area contributed by atoms with Crippen molar-refractivity contribution >= 4 is 5.97 Å². The zero-order chi connectivity index (χ0) is 40.3. The summed E-state index contributed by atoms with van der Waals surface area (Å²) in [5.41, 5.74) is 1.79. The highest BCUT2D eigenvalue weighted by molar-refractivity contribution is 5.82. The number of fused-ring (bicyclic) bond motifs is 20. The van der Waals surface area contributed by atoms with E-state index in [9.17, 15) is 4.79 Å². The van der Waals surface area contributed by atoms with Gasteiger partial charge in [0.05, 0.1) is 63.5 Å². The Morgan fingerprint density at radius 2 is 0.750 bits per heavy atom. The number of ether oxygens (including phenoxy) is 3. The molecule has 9 fully saturated rings. The van der Waals surface area contributed by atoms with E-state index < -0.39 is 5.92 Å². The molecule has 60 heavy (non-hydrogen) atoms. The molecule has 0 spiro atoms. The Kier molecular flexibility index (Phi) is 11.4. The lowest BCUT2D eigenvalue weighted by Gasteiger charge is -2.39. The van der Waals surface area contributed by atoms with E-state index in [1.165, 1.54) is 77.0 Å². The van der Waals surface area contributed by atoms with Gasteiger partial charge >= 0.3 is 5.97 Å². The van der Waals surface area contributed by atoms with Crippen LogP contribution in [0.5, 0.6) is 11.5 Å². The van der Waals surface area contributed by atoms with Crippen molar-refractivity contribution in [3.05, 3.63) is 59.7 Å². The van der Waals surface area contributed by atoms with Crippen molar-refractivity contribution in [3.8, 4) is 11.5 Å². The molecule has 9 aliphatic rings. The number of hydrogen-bond donors (Lipinski definition) is 8. The van der Waals surface area contributed by atoms with Crippen LogP contribution in [0.1, 0.15) is 113 Å². The van der Waals surface area contributed by atoms with Crippen LogP contribution in [0.3, 0.4) is 0 Å². The minimum absolute atomic E-state index is 0.00746. The first-order valence-corrected chi connectivity index (χ1v) is 24.1. The van der Waals surface area contributed by atoms with E-state index in [1.807, 2.05) is 48.5 Å².